The van der Waals surface area contributed by atoms with Gasteiger partial charge in [0.1, 0.15) is 17.5 Å². The van der Waals surface area contributed by atoms with Crippen molar-refractivity contribution < 1.29 is 35.8 Å². The summed E-state index contributed by atoms with van der Waals surface area (Å²) in [4.78, 5) is 7.75. The lowest BCUT2D eigenvalue weighted by Crippen LogP contribution is -2.39. The Balaban J connectivity index is 1.38. The topological polar surface area (TPSA) is 110 Å². The van der Waals surface area contributed by atoms with Crippen molar-refractivity contribution in [3.63, 3.8) is 0 Å². The number of alkyl halides is 6. The van der Waals surface area contributed by atoms with E-state index in [-0.39, 0.29) is 36.8 Å². The van der Waals surface area contributed by atoms with Crippen molar-refractivity contribution in [2.75, 3.05) is 18.5 Å². The third-order valence-corrected chi connectivity index (χ3v) is 6.31. The number of nitrogens with one attached hydrogen (secondary N) is 1. The van der Waals surface area contributed by atoms with Crippen LogP contribution in [0.5, 0.6) is 5.88 Å². The average Bonchev–Trinajstić information content (AvgIpc) is 3.22. The molecule has 0 unspecified atom stereocenters. The predicted molar refractivity (Wildman–Crippen MR) is 114 cm³/mol. The van der Waals surface area contributed by atoms with Crippen LogP contribution in [0, 0.1) is 11.3 Å². The largest absolute Gasteiger partial charge is 0.469 e. The molecule has 0 radical (unpaired) electrons. The van der Waals surface area contributed by atoms with Crippen LogP contribution in [0.15, 0.2) is 18.5 Å². The number of hydrogen-bond acceptors (Lipinski definition) is 8. The van der Waals surface area contributed by atoms with E-state index in [2.05, 4.69) is 25.5 Å². The van der Waals surface area contributed by atoms with Crippen LogP contribution < -0.4 is 10.1 Å². The summed E-state index contributed by atoms with van der Waals surface area (Å²) in [6.07, 6.45) is -6.17. The third kappa shape index (κ3) is 5.10. The Bertz CT molecular complexity index is 1350. The molecular weight excluding hydrogens is 508 g/mol. The van der Waals surface area contributed by atoms with Crippen LogP contribution in [0.1, 0.15) is 54.1 Å². The molecule has 1 N–H and O–H groups in total. The Kier molecular flexibility index (Phi) is 6.30. The molecule has 0 bridgehead atoms. The monoisotopic (exact) mass is 527 g/mol. The van der Waals surface area contributed by atoms with Gasteiger partial charge in [0, 0.05) is 30.4 Å². The van der Waals surface area contributed by atoms with Crippen molar-refractivity contribution in [3.05, 3.63) is 41.0 Å². The van der Waals surface area contributed by atoms with Gasteiger partial charge in [-0.25, -0.2) is 4.98 Å². The number of aromatic nitrogens is 5. The minimum Gasteiger partial charge on any atom is -0.469 e. The Morgan fingerprint density at radius 3 is 2.49 bits per heavy atom. The predicted octanol–water partition coefficient (Wildman–Crippen LogP) is 4.34. The zero-order chi connectivity index (χ0) is 26.4. The fraction of sp³-hybridized carbons (Fsp3) is 0.500. The number of nitriles is 1. The first-order valence-corrected chi connectivity index (χ1v) is 11.3. The third-order valence-electron chi connectivity index (χ3n) is 6.31. The Hall–Kier alpha value is -3.67. The maximum Gasteiger partial charge on any atom is 0.423 e. The molecule has 1 aliphatic carbocycles. The van der Waals surface area contributed by atoms with Crippen LogP contribution in [-0.4, -0.2) is 49.9 Å². The molecule has 3 aromatic rings. The number of fused-ring (bicyclic) bond motifs is 1. The van der Waals surface area contributed by atoms with E-state index in [1.165, 1.54) is 4.40 Å². The number of pyridine rings is 1. The standard InChI is InChI=1S/C22H19F6N7O2/c23-21(24,25)15-7-30-20(32-19(15)37-14-9-36-10-14)31-13-3-1-2-11(4-13)18-34-33-17-5-12(6-29)16(8-35(17)18)22(26,27)28/h5,7-8,11,13-14H,1-4,9-10H2,(H,30,31,32)/t11-,13+/m0/s1. The maximum atomic E-state index is 13.5. The molecule has 1 aliphatic heterocycles. The summed E-state index contributed by atoms with van der Waals surface area (Å²) in [5.41, 5.74) is -2.62. The number of hydrogen-bond donors (Lipinski definition) is 1. The summed E-state index contributed by atoms with van der Waals surface area (Å²) < 4.78 is 92.1. The Labute approximate surface area is 205 Å². The first kappa shape index (κ1) is 25.0. The summed E-state index contributed by atoms with van der Waals surface area (Å²) in [6.45, 7) is 0.319. The van der Waals surface area contributed by atoms with Gasteiger partial charge < -0.3 is 14.8 Å². The van der Waals surface area contributed by atoms with E-state index in [0.29, 0.717) is 37.7 Å². The number of anilines is 1. The molecule has 0 aromatic carbocycles. The summed E-state index contributed by atoms with van der Waals surface area (Å²) in [5.74, 6) is -0.647. The molecular formula is C22H19F6N7O2. The van der Waals surface area contributed by atoms with E-state index < -0.39 is 41.0 Å². The van der Waals surface area contributed by atoms with Crippen molar-refractivity contribution in [1.82, 2.24) is 24.6 Å². The molecule has 0 spiro atoms. The Morgan fingerprint density at radius 2 is 1.84 bits per heavy atom. The van der Waals surface area contributed by atoms with Gasteiger partial charge in [-0.1, -0.05) is 6.42 Å². The summed E-state index contributed by atoms with van der Waals surface area (Å²) in [7, 11) is 0. The molecule has 2 atom stereocenters. The summed E-state index contributed by atoms with van der Waals surface area (Å²) >= 11 is 0. The summed E-state index contributed by atoms with van der Waals surface area (Å²) in [6, 6.07) is 2.30. The zero-order valence-electron chi connectivity index (χ0n) is 19.0. The fourth-order valence-electron chi connectivity index (χ4n) is 4.45. The molecule has 0 amide bonds. The molecule has 1 saturated heterocycles. The highest BCUT2D eigenvalue weighted by atomic mass is 19.4. The fourth-order valence-corrected chi connectivity index (χ4v) is 4.45. The minimum absolute atomic E-state index is 0.0574. The molecule has 9 nitrogen and oxygen atoms in total. The van der Waals surface area contributed by atoms with Gasteiger partial charge in [0.15, 0.2) is 5.65 Å². The lowest BCUT2D eigenvalue weighted by molar-refractivity contribution is -0.143. The number of nitrogens with zero attached hydrogens (tertiary/aromatic N) is 6. The molecule has 2 aliphatic rings. The molecule has 5 rings (SSSR count). The van der Waals surface area contributed by atoms with Gasteiger partial charge in [0.05, 0.1) is 30.4 Å². The van der Waals surface area contributed by atoms with Gasteiger partial charge in [0.25, 0.3) is 0 Å². The quantitative estimate of drug-likeness (QED) is 0.488. The highest BCUT2D eigenvalue weighted by Gasteiger charge is 2.38. The average molecular weight is 527 g/mol. The number of ether oxygens (including phenoxy) is 2. The number of rotatable bonds is 5. The van der Waals surface area contributed by atoms with Crippen molar-refractivity contribution in [3.8, 4) is 11.9 Å². The molecule has 4 heterocycles. The van der Waals surface area contributed by atoms with E-state index in [9.17, 15) is 26.3 Å². The second-order valence-corrected chi connectivity index (χ2v) is 8.89. The molecule has 15 heteroatoms. The second-order valence-electron chi connectivity index (χ2n) is 8.89. The van der Waals surface area contributed by atoms with Crippen molar-refractivity contribution in [2.45, 2.75) is 56.1 Å². The van der Waals surface area contributed by atoms with Crippen LogP contribution >= 0.6 is 0 Å². The van der Waals surface area contributed by atoms with Crippen LogP contribution in [0.3, 0.4) is 0 Å². The van der Waals surface area contributed by atoms with E-state index in [1.807, 2.05) is 0 Å². The normalized spacial score (nSPS) is 20.9. The van der Waals surface area contributed by atoms with Gasteiger partial charge in [-0.05, 0) is 19.3 Å². The van der Waals surface area contributed by atoms with E-state index in [0.717, 1.165) is 12.3 Å². The minimum atomic E-state index is -4.73. The van der Waals surface area contributed by atoms with Crippen molar-refractivity contribution in [1.29, 1.82) is 5.26 Å². The van der Waals surface area contributed by atoms with Gasteiger partial charge in [0.2, 0.25) is 11.8 Å². The zero-order valence-corrected chi connectivity index (χ0v) is 19.0. The van der Waals surface area contributed by atoms with Gasteiger partial charge in [-0.3, -0.25) is 4.40 Å². The second kappa shape index (κ2) is 9.33. The smallest absolute Gasteiger partial charge is 0.423 e. The molecule has 1 saturated carbocycles. The molecule has 196 valence electrons. The highest BCUT2D eigenvalue weighted by molar-refractivity contribution is 5.51. The van der Waals surface area contributed by atoms with Gasteiger partial charge in [-0.2, -0.15) is 36.6 Å². The lowest BCUT2D eigenvalue weighted by Gasteiger charge is -2.30. The van der Waals surface area contributed by atoms with Crippen LogP contribution in [-0.2, 0) is 17.1 Å². The van der Waals surface area contributed by atoms with Gasteiger partial charge >= 0.3 is 12.4 Å². The van der Waals surface area contributed by atoms with Crippen molar-refractivity contribution >= 4 is 11.6 Å². The van der Waals surface area contributed by atoms with E-state index in [1.54, 1.807) is 6.07 Å². The van der Waals surface area contributed by atoms with E-state index in [4.69, 9.17) is 14.7 Å². The molecule has 2 fully saturated rings. The lowest BCUT2D eigenvalue weighted by atomic mass is 9.85. The van der Waals surface area contributed by atoms with Crippen molar-refractivity contribution in [2.24, 2.45) is 0 Å². The van der Waals surface area contributed by atoms with Crippen LogP contribution in [0.25, 0.3) is 5.65 Å². The highest BCUT2D eigenvalue weighted by Crippen LogP contribution is 2.38. The first-order chi connectivity index (χ1) is 17.5. The van der Waals surface area contributed by atoms with Crippen LogP contribution in [0.4, 0.5) is 32.3 Å². The van der Waals surface area contributed by atoms with Crippen LogP contribution in [0.2, 0.25) is 0 Å². The molecule has 3 aromatic heterocycles. The van der Waals surface area contributed by atoms with E-state index >= 15 is 0 Å². The SMILES string of the molecule is N#Cc1cc2nnc([C@H]3CCC[C@@H](Nc4ncc(C(F)(F)F)c(OC5COC5)n4)C3)n2cc1C(F)(F)F. The Morgan fingerprint density at radius 1 is 1.08 bits per heavy atom. The van der Waals surface area contributed by atoms with Gasteiger partial charge in [-0.15, -0.1) is 10.2 Å². The first-order valence-electron chi connectivity index (χ1n) is 11.3. The number of halogens is 6. The summed E-state index contributed by atoms with van der Waals surface area (Å²) in [5, 5.41) is 20.2. The maximum absolute atomic E-state index is 13.5. The molecule has 37 heavy (non-hydrogen) atoms.